The van der Waals surface area contributed by atoms with Gasteiger partial charge in [-0.05, 0) is 61.5 Å². The van der Waals surface area contributed by atoms with Crippen LogP contribution < -0.4 is 5.32 Å². The van der Waals surface area contributed by atoms with Gasteiger partial charge in [-0.2, -0.15) is 0 Å². The van der Waals surface area contributed by atoms with Gasteiger partial charge in [0.1, 0.15) is 11.5 Å². The summed E-state index contributed by atoms with van der Waals surface area (Å²) >= 11 is 12.1. The minimum Gasteiger partial charge on any atom is -0.464 e. The van der Waals surface area contributed by atoms with Gasteiger partial charge in [-0.3, -0.25) is 4.98 Å². The van der Waals surface area contributed by atoms with Gasteiger partial charge in [-0.1, -0.05) is 29.8 Å². The van der Waals surface area contributed by atoms with Crippen molar-refractivity contribution in [2.45, 2.75) is 26.9 Å². The van der Waals surface area contributed by atoms with Gasteiger partial charge in [-0.15, -0.1) is 0 Å². The van der Waals surface area contributed by atoms with Crippen LogP contribution in [0.4, 0.5) is 5.69 Å². The summed E-state index contributed by atoms with van der Waals surface area (Å²) in [6.07, 6.45) is 3.59. The van der Waals surface area contributed by atoms with Gasteiger partial charge in [0.15, 0.2) is 5.11 Å². The van der Waals surface area contributed by atoms with E-state index >= 15 is 0 Å². The van der Waals surface area contributed by atoms with Crippen LogP contribution >= 0.6 is 23.8 Å². The highest BCUT2D eigenvalue weighted by Crippen LogP contribution is 2.26. The van der Waals surface area contributed by atoms with Gasteiger partial charge in [0.25, 0.3) is 0 Å². The van der Waals surface area contributed by atoms with Gasteiger partial charge in [0.2, 0.25) is 0 Å². The molecule has 0 aliphatic carbocycles. The lowest BCUT2D eigenvalue weighted by atomic mass is 10.2. The normalized spacial score (nSPS) is 10.6. The number of benzene rings is 1. The van der Waals surface area contributed by atoms with E-state index < -0.39 is 0 Å². The van der Waals surface area contributed by atoms with Gasteiger partial charge in [-0.25, -0.2) is 0 Å². The summed E-state index contributed by atoms with van der Waals surface area (Å²) in [5, 5.41) is 4.51. The lowest BCUT2D eigenvalue weighted by Gasteiger charge is -2.25. The molecule has 0 radical (unpaired) electrons. The minimum atomic E-state index is 0.554. The largest absolute Gasteiger partial charge is 0.464 e. The summed E-state index contributed by atoms with van der Waals surface area (Å²) < 4.78 is 5.72. The first-order valence-electron chi connectivity index (χ1n) is 8.28. The van der Waals surface area contributed by atoms with Crippen molar-refractivity contribution in [2.75, 3.05) is 5.32 Å². The van der Waals surface area contributed by atoms with Crippen molar-refractivity contribution in [3.8, 4) is 0 Å². The predicted octanol–water partition coefficient (Wildman–Crippen LogP) is 5.34. The summed E-state index contributed by atoms with van der Waals surface area (Å²) in [6.45, 7) is 5.06. The maximum absolute atomic E-state index is 6.40. The Hall–Kier alpha value is -2.37. The number of aryl methyl sites for hydroxylation is 2. The molecule has 6 heteroatoms. The van der Waals surface area contributed by atoms with Crippen molar-refractivity contribution in [3.63, 3.8) is 0 Å². The van der Waals surface area contributed by atoms with Gasteiger partial charge >= 0.3 is 0 Å². The number of nitrogens with zero attached hydrogens (tertiary/aromatic N) is 2. The predicted molar refractivity (Wildman–Crippen MR) is 109 cm³/mol. The number of pyridine rings is 1. The Bertz CT molecular complexity index is 895. The molecule has 4 nitrogen and oxygen atoms in total. The van der Waals surface area contributed by atoms with Crippen molar-refractivity contribution in [3.05, 3.63) is 82.5 Å². The molecule has 1 N–H and O–H groups in total. The molecular formula is C20H20ClN3OS. The van der Waals surface area contributed by atoms with Crippen molar-refractivity contribution in [1.82, 2.24) is 9.88 Å². The highest BCUT2D eigenvalue weighted by Gasteiger charge is 2.15. The molecule has 0 amide bonds. The number of anilines is 1. The standard InChI is InChI=1S/C20H20ClN3OS/c1-14-5-3-7-18(19(14)21)23-20(26)24(12-16-6-4-10-22-11-16)13-17-9-8-15(2)25-17/h3-11H,12-13H2,1-2H3,(H,23,26). The number of hydrogen-bond acceptors (Lipinski definition) is 3. The molecule has 26 heavy (non-hydrogen) atoms. The summed E-state index contributed by atoms with van der Waals surface area (Å²) in [4.78, 5) is 6.21. The molecule has 1 aromatic carbocycles. The second-order valence-electron chi connectivity index (χ2n) is 6.10. The van der Waals surface area contributed by atoms with Crippen LogP contribution in [0.5, 0.6) is 0 Å². The highest BCUT2D eigenvalue weighted by atomic mass is 35.5. The van der Waals surface area contributed by atoms with Crippen LogP contribution in [0.1, 0.15) is 22.6 Å². The van der Waals surface area contributed by atoms with Crippen molar-refractivity contribution >= 4 is 34.6 Å². The van der Waals surface area contributed by atoms with E-state index in [1.54, 1.807) is 6.20 Å². The molecule has 0 saturated heterocycles. The zero-order valence-electron chi connectivity index (χ0n) is 14.7. The van der Waals surface area contributed by atoms with Crippen molar-refractivity contribution in [1.29, 1.82) is 0 Å². The minimum absolute atomic E-state index is 0.554. The first-order chi connectivity index (χ1) is 12.5. The van der Waals surface area contributed by atoms with Crippen molar-refractivity contribution < 1.29 is 4.42 Å². The summed E-state index contributed by atoms with van der Waals surface area (Å²) in [5.74, 6) is 1.73. The molecule has 0 aliphatic heterocycles. The Morgan fingerprint density at radius 3 is 2.69 bits per heavy atom. The fourth-order valence-corrected chi connectivity index (χ4v) is 3.02. The Morgan fingerprint density at radius 1 is 1.15 bits per heavy atom. The molecule has 0 unspecified atom stereocenters. The van der Waals surface area contributed by atoms with Gasteiger partial charge in [0, 0.05) is 18.9 Å². The first kappa shape index (κ1) is 18.4. The fourth-order valence-electron chi connectivity index (χ4n) is 2.61. The number of hydrogen-bond donors (Lipinski definition) is 1. The Morgan fingerprint density at radius 2 is 2.00 bits per heavy atom. The average Bonchev–Trinajstić information content (AvgIpc) is 3.04. The van der Waals surface area contributed by atoms with Crippen LogP contribution in [0.15, 0.2) is 59.3 Å². The topological polar surface area (TPSA) is 41.3 Å². The molecule has 0 saturated carbocycles. The monoisotopic (exact) mass is 385 g/mol. The number of nitrogens with one attached hydrogen (secondary N) is 1. The quantitative estimate of drug-likeness (QED) is 0.600. The van der Waals surface area contributed by atoms with Crippen LogP contribution in [-0.2, 0) is 13.1 Å². The summed E-state index contributed by atoms with van der Waals surface area (Å²) in [7, 11) is 0. The Labute approximate surface area is 163 Å². The molecule has 2 aromatic heterocycles. The summed E-state index contributed by atoms with van der Waals surface area (Å²) in [5.41, 5.74) is 2.86. The molecule has 0 fully saturated rings. The third-order valence-corrected chi connectivity index (χ3v) is 4.82. The first-order valence-corrected chi connectivity index (χ1v) is 9.07. The maximum atomic E-state index is 6.40. The fraction of sp³-hybridized carbons (Fsp3) is 0.200. The van der Waals surface area contributed by atoms with Crippen LogP contribution in [-0.4, -0.2) is 15.0 Å². The second kappa shape index (κ2) is 8.34. The molecule has 0 atom stereocenters. The third kappa shape index (κ3) is 4.62. The molecule has 0 bridgehead atoms. The van der Waals surface area contributed by atoms with E-state index in [0.29, 0.717) is 23.2 Å². The third-order valence-electron chi connectivity index (χ3n) is 3.96. The van der Waals surface area contributed by atoms with Gasteiger partial charge in [0.05, 0.1) is 17.3 Å². The zero-order valence-corrected chi connectivity index (χ0v) is 16.3. The Kier molecular flexibility index (Phi) is 5.91. The number of halogens is 1. The SMILES string of the molecule is Cc1ccc(CN(Cc2cccnc2)C(=S)Nc2cccc(C)c2Cl)o1. The zero-order chi connectivity index (χ0) is 18.5. The van der Waals surface area contributed by atoms with Crippen LogP contribution in [0.3, 0.4) is 0 Å². The van der Waals surface area contributed by atoms with E-state index in [1.807, 2.05) is 67.4 Å². The van der Waals surface area contributed by atoms with Crippen molar-refractivity contribution in [2.24, 2.45) is 0 Å². The van der Waals surface area contributed by atoms with Gasteiger partial charge < -0.3 is 14.6 Å². The molecular weight excluding hydrogens is 366 g/mol. The molecule has 2 heterocycles. The van der Waals surface area contributed by atoms with E-state index in [1.165, 1.54) is 0 Å². The van der Waals surface area contributed by atoms with E-state index in [0.717, 1.165) is 28.3 Å². The molecule has 134 valence electrons. The maximum Gasteiger partial charge on any atom is 0.174 e. The van der Waals surface area contributed by atoms with E-state index in [9.17, 15) is 0 Å². The number of aromatic nitrogens is 1. The second-order valence-corrected chi connectivity index (χ2v) is 6.86. The molecule has 3 aromatic rings. The lowest BCUT2D eigenvalue weighted by molar-refractivity contribution is 0.354. The van der Waals surface area contributed by atoms with E-state index in [2.05, 4.69) is 10.3 Å². The van der Waals surface area contributed by atoms with Crippen LogP contribution in [0, 0.1) is 13.8 Å². The molecule has 0 aliphatic rings. The number of thiocarbonyl (C=S) groups is 1. The molecule has 0 spiro atoms. The number of furan rings is 1. The smallest absolute Gasteiger partial charge is 0.174 e. The lowest BCUT2D eigenvalue weighted by Crippen LogP contribution is -2.33. The van der Waals surface area contributed by atoms with E-state index in [4.69, 9.17) is 28.2 Å². The average molecular weight is 386 g/mol. The summed E-state index contributed by atoms with van der Waals surface area (Å²) in [6, 6.07) is 13.7. The number of rotatable bonds is 5. The van der Waals surface area contributed by atoms with Crippen LogP contribution in [0.25, 0.3) is 0 Å². The van der Waals surface area contributed by atoms with E-state index in [-0.39, 0.29) is 0 Å². The highest BCUT2D eigenvalue weighted by molar-refractivity contribution is 7.80. The molecule has 3 rings (SSSR count). The Balaban J connectivity index is 1.81. The van der Waals surface area contributed by atoms with Crippen LogP contribution in [0.2, 0.25) is 5.02 Å².